The first-order valence-electron chi connectivity index (χ1n) is 6.53. The zero-order chi connectivity index (χ0) is 13.8. The van der Waals surface area contributed by atoms with E-state index >= 15 is 0 Å². The molecule has 105 valence electrons. The maximum absolute atomic E-state index is 12.9. The van der Waals surface area contributed by atoms with Crippen LogP contribution in [0.5, 0.6) is 0 Å². The molecule has 5 heteroatoms. The molecule has 1 aromatic rings. The average Bonchev–Trinajstić information content (AvgIpc) is 2.27. The summed E-state index contributed by atoms with van der Waals surface area (Å²) in [5, 5.41) is 0.430. The van der Waals surface area contributed by atoms with Gasteiger partial charge in [0.05, 0.1) is 13.2 Å². The maximum atomic E-state index is 12.9. The summed E-state index contributed by atoms with van der Waals surface area (Å²) in [4.78, 5) is 0. The van der Waals surface area contributed by atoms with E-state index in [4.69, 9.17) is 20.8 Å². The number of benzene rings is 1. The van der Waals surface area contributed by atoms with Gasteiger partial charge in [-0.2, -0.15) is 0 Å². The molecular formula is C14H19ClFO2Si. The summed E-state index contributed by atoms with van der Waals surface area (Å²) < 4.78 is 24.3. The van der Waals surface area contributed by atoms with E-state index in [9.17, 15) is 4.39 Å². The van der Waals surface area contributed by atoms with Crippen LogP contribution in [0.15, 0.2) is 18.2 Å². The van der Waals surface area contributed by atoms with Gasteiger partial charge >= 0.3 is 0 Å². The molecule has 0 saturated heterocycles. The highest BCUT2D eigenvalue weighted by molar-refractivity contribution is 6.48. The van der Waals surface area contributed by atoms with Crippen LogP contribution in [0.1, 0.15) is 18.4 Å². The van der Waals surface area contributed by atoms with E-state index < -0.39 is 9.04 Å². The Morgan fingerprint density at radius 3 is 2.74 bits per heavy atom. The van der Waals surface area contributed by atoms with Gasteiger partial charge in [0.25, 0.3) is 0 Å². The number of rotatable bonds is 6. The zero-order valence-corrected chi connectivity index (χ0v) is 13.0. The lowest BCUT2D eigenvalue weighted by Crippen LogP contribution is -2.36. The molecule has 0 aromatic heterocycles. The summed E-state index contributed by atoms with van der Waals surface area (Å²) in [6.45, 7) is 5.48. The Labute approximate surface area is 120 Å². The van der Waals surface area contributed by atoms with Gasteiger partial charge in [-0.15, -0.1) is 0 Å². The minimum Gasteiger partial charge on any atom is -0.414 e. The standard InChI is InChI=1S/C14H19ClFO2Si/c1-19(2)18-13-5-10(6-13)8-17-9-11-3-4-12(16)7-14(11)15/h3-4,7,10,13H,5-6,8-9H2,1-2H3. The first-order chi connectivity index (χ1) is 9.04. The van der Waals surface area contributed by atoms with Crippen LogP contribution in [0.25, 0.3) is 0 Å². The number of hydrogen-bond acceptors (Lipinski definition) is 2. The van der Waals surface area contributed by atoms with Gasteiger partial charge < -0.3 is 9.16 Å². The predicted molar refractivity (Wildman–Crippen MR) is 76.1 cm³/mol. The predicted octanol–water partition coefficient (Wildman–Crippen LogP) is 4.04. The van der Waals surface area contributed by atoms with Crippen LogP contribution in [-0.2, 0) is 15.8 Å². The lowest BCUT2D eigenvalue weighted by atomic mass is 9.83. The fourth-order valence-electron chi connectivity index (χ4n) is 2.21. The van der Waals surface area contributed by atoms with Crippen LogP contribution < -0.4 is 0 Å². The van der Waals surface area contributed by atoms with Crippen molar-refractivity contribution in [3.63, 3.8) is 0 Å². The van der Waals surface area contributed by atoms with Crippen molar-refractivity contribution in [3.05, 3.63) is 34.6 Å². The third-order valence-electron chi connectivity index (χ3n) is 3.22. The Hall–Kier alpha value is -0.423. The van der Waals surface area contributed by atoms with Gasteiger partial charge in [0.2, 0.25) is 9.04 Å². The van der Waals surface area contributed by atoms with Crippen LogP contribution in [0.4, 0.5) is 4.39 Å². The number of hydrogen-bond donors (Lipinski definition) is 0. The van der Waals surface area contributed by atoms with Gasteiger partial charge in [-0.25, -0.2) is 4.39 Å². The van der Waals surface area contributed by atoms with Crippen molar-refractivity contribution < 1.29 is 13.6 Å². The summed E-state index contributed by atoms with van der Waals surface area (Å²) in [7, 11) is -0.584. The molecule has 0 unspecified atom stereocenters. The molecule has 1 saturated carbocycles. The Bertz CT molecular complexity index is 422. The second-order valence-electron chi connectivity index (χ2n) is 5.24. The monoisotopic (exact) mass is 301 g/mol. The molecule has 1 radical (unpaired) electrons. The molecule has 0 spiro atoms. The molecule has 0 atom stereocenters. The van der Waals surface area contributed by atoms with Crippen molar-refractivity contribution in [1.82, 2.24) is 0 Å². The highest BCUT2D eigenvalue weighted by atomic mass is 35.5. The molecule has 0 aliphatic heterocycles. The quantitative estimate of drug-likeness (QED) is 0.738. The fraction of sp³-hybridized carbons (Fsp3) is 0.571. The molecule has 2 rings (SSSR count). The summed E-state index contributed by atoms with van der Waals surface area (Å²) in [6, 6.07) is 4.40. The molecule has 1 aliphatic rings. The Morgan fingerprint density at radius 2 is 2.11 bits per heavy atom. The average molecular weight is 302 g/mol. The zero-order valence-electron chi connectivity index (χ0n) is 11.3. The largest absolute Gasteiger partial charge is 0.414 e. The van der Waals surface area contributed by atoms with Crippen LogP contribution in [0, 0.1) is 11.7 Å². The molecule has 0 bridgehead atoms. The van der Waals surface area contributed by atoms with Crippen molar-refractivity contribution in [1.29, 1.82) is 0 Å². The normalized spacial score (nSPS) is 22.6. The minimum atomic E-state index is -0.584. The fourth-order valence-corrected chi connectivity index (χ4v) is 3.30. The van der Waals surface area contributed by atoms with E-state index in [-0.39, 0.29) is 5.82 Å². The van der Waals surface area contributed by atoms with Crippen molar-refractivity contribution >= 4 is 20.6 Å². The van der Waals surface area contributed by atoms with E-state index in [0.717, 1.165) is 25.0 Å². The van der Waals surface area contributed by atoms with Gasteiger partial charge in [0, 0.05) is 11.1 Å². The molecule has 0 amide bonds. The number of ether oxygens (including phenoxy) is 1. The molecule has 2 nitrogen and oxygen atoms in total. The van der Waals surface area contributed by atoms with E-state index in [2.05, 4.69) is 13.1 Å². The Balaban J connectivity index is 1.65. The summed E-state index contributed by atoms with van der Waals surface area (Å²) in [6.07, 6.45) is 2.62. The van der Waals surface area contributed by atoms with E-state index in [0.29, 0.717) is 23.7 Å². The Morgan fingerprint density at radius 1 is 1.37 bits per heavy atom. The van der Waals surface area contributed by atoms with Crippen molar-refractivity contribution in [2.75, 3.05) is 6.61 Å². The highest BCUT2D eigenvalue weighted by Gasteiger charge is 2.30. The third-order valence-corrected chi connectivity index (χ3v) is 4.38. The van der Waals surface area contributed by atoms with E-state index in [1.54, 1.807) is 6.07 Å². The molecule has 0 heterocycles. The Kier molecular flexibility index (Phi) is 5.39. The van der Waals surface area contributed by atoms with Crippen LogP contribution in [0.2, 0.25) is 18.1 Å². The van der Waals surface area contributed by atoms with Crippen LogP contribution in [0.3, 0.4) is 0 Å². The maximum Gasteiger partial charge on any atom is 0.205 e. The first kappa shape index (κ1) is 15.0. The second kappa shape index (κ2) is 6.84. The van der Waals surface area contributed by atoms with Gasteiger partial charge in [0.15, 0.2) is 0 Å². The summed E-state index contributed by atoms with van der Waals surface area (Å²) in [5.41, 5.74) is 0.836. The molecule has 1 aromatic carbocycles. The smallest absolute Gasteiger partial charge is 0.205 e. The minimum absolute atomic E-state index is 0.315. The van der Waals surface area contributed by atoms with E-state index in [1.807, 2.05) is 0 Å². The molecule has 1 aliphatic carbocycles. The lowest BCUT2D eigenvalue weighted by Gasteiger charge is -2.36. The van der Waals surface area contributed by atoms with Gasteiger partial charge in [-0.05, 0) is 49.5 Å². The van der Waals surface area contributed by atoms with Crippen molar-refractivity contribution in [3.8, 4) is 0 Å². The van der Waals surface area contributed by atoms with Gasteiger partial charge in [-0.1, -0.05) is 17.7 Å². The topological polar surface area (TPSA) is 18.5 Å². The molecule has 0 N–H and O–H groups in total. The van der Waals surface area contributed by atoms with Crippen LogP contribution >= 0.6 is 11.6 Å². The second-order valence-corrected chi connectivity index (χ2v) is 7.70. The highest BCUT2D eigenvalue weighted by Crippen LogP contribution is 2.31. The molecule has 19 heavy (non-hydrogen) atoms. The molecule has 1 fully saturated rings. The number of halogens is 2. The van der Waals surface area contributed by atoms with E-state index in [1.165, 1.54) is 12.1 Å². The van der Waals surface area contributed by atoms with Crippen LogP contribution in [-0.4, -0.2) is 21.8 Å². The van der Waals surface area contributed by atoms with Crippen molar-refractivity contribution in [2.45, 2.75) is 38.6 Å². The SMILES string of the molecule is C[Si](C)OC1CC(COCc2ccc(F)cc2Cl)C1. The summed E-state index contributed by atoms with van der Waals surface area (Å²) >= 11 is 5.94. The summed E-state index contributed by atoms with van der Waals surface area (Å²) in [5.74, 6) is 0.273. The van der Waals surface area contributed by atoms with Gasteiger partial charge in [0.1, 0.15) is 5.82 Å². The molecular weight excluding hydrogens is 283 g/mol. The first-order valence-corrected chi connectivity index (χ1v) is 9.31. The third kappa shape index (κ3) is 4.56. The lowest BCUT2D eigenvalue weighted by molar-refractivity contribution is -0.00327. The van der Waals surface area contributed by atoms with Gasteiger partial charge in [-0.3, -0.25) is 0 Å². The van der Waals surface area contributed by atoms with Crippen molar-refractivity contribution in [2.24, 2.45) is 5.92 Å².